The van der Waals surface area contributed by atoms with Crippen molar-refractivity contribution in [1.29, 1.82) is 0 Å². The Balaban J connectivity index is 2.03. The number of carbonyl (C=O) groups is 1. The monoisotopic (exact) mass is 284 g/mol. The lowest BCUT2D eigenvalue weighted by Crippen LogP contribution is -2.28. The van der Waals surface area contributed by atoms with Gasteiger partial charge in [0, 0.05) is 17.8 Å². The summed E-state index contributed by atoms with van der Waals surface area (Å²) in [6.45, 7) is 4.14. The van der Waals surface area contributed by atoms with Gasteiger partial charge < -0.3 is 9.47 Å². The molecule has 0 saturated carbocycles. The molecule has 5 nitrogen and oxygen atoms in total. The van der Waals surface area contributed by atoms with Crippen molar-refractivity contribution >= 4 is 5.91 Å². The van der Waals surface area contributed by atoms with Gasteiger partial charge in [0.2, 0.25) is 6.79 Å². The number of rotatable bonds is 2. The van der Waals surface area contributed by atoms with E-state index in [-0.39, 0.29) is 18.7 Å². The summed E-state index contributed by atoms with van der Waals surface area (Å²) in [6.07, 6.45) is 1.72. The Morgan fingerprint density at radius 3 is 2.81 bits per heavy atom. The third-order valence-electron chi connectivity index (χ3n) is 3.07. The second-order valence-corrected chi connectivity index (χ2v) is 5.02. The van der Waals surface area contributed by atoms with Crippen LogP contribution in [0.2, 0.25) is 0 Å². The fraction of sp³-hybridized carbons (Fsp3) is 0.250. The smallest absolute Gasteiger partial charge is 0.263 e. The highest BCUT2D eigenvalue weighted by atomic mass is 16.7. The fourth-order valence-corrected chi connectivity index (χ4v) is 2.14. The van der Waals surface area contributed by atoms with Crippen LogP contribution >= 0.6 is 0 Å². The summed E-state index contributed by atoms with van der Waals surface area (Å²) in [5.41, 5.74) is 1.17. The van der Waals surface area contributed by atoms with Gasteiger partial charge in [0.05, 0.1) is 0 Å². The van der Waals surface area contributed by atoms with Gasteiger partial charge >= 0.3 is 0 Å². The molecule has 108 valence electrons. The van der Waals surface area contributed by atoms with E-state index in [1.807, 2.05) is 32.0 Å². The molecule has 0 radical (unpaired) electrons. The molecule has 0 amide bonds. The second kappa shape index (κ2) is 5.44. The lowest BCUT2D eigenvalue weighted by atomic mass is 10.2. The molecule has 1 aromatic carbocycles. The Hall–Kier alpha value is -2.56. The van der Waals surface area contributed by atoms with Gasteiger partial charge in [-0.1, -0.05) is 6.07 Å². The van der Waals surface area contributed by atoms with Crippen molar-refractivity contribution in [2.24, 2.45) is 4.99 Å². The molecule has 2 aromatic rings. The van der Waals surface area contributed by atoms with E-state index in [2.05, 4.69) is 4.99 Å². The fourth-order valence-electron chi connectivity index (χ4n) is 2.14. The molecule has 0 fully saturated rings. The lowest BCUT2D eigenvalue weighted by Gasteiger charge is -2.07. The highest BCUT2D eigenvalue weighted by Crippen LogP contribution is 2.32. The van der Waals surface area contributed by atoms with Crippen LogP contribution in [-0.2, 0) is 0 Å². The van der Waals surface area contributed by atoms with E-state index in [0.717, 1.165) is 0 Å². The zero-order valence-corrected chi connectivity index (χ0v) is 11.9. The van der Waals surface area contributed by atoms with E-state index in [4.69, 9.17) is 9.47 Å². The van der Waals surface area contributed by atoms with Crippen molar-refractivity contribution < 1.29 is 14.3 Å². The van der Waals surface area contributed by atoms with Gasteiger partial charge in [-0.05, 0) is 44.2 Å². The summed E-state index contributed by atoms with van der Waals surface area (Å²) in [4.78, 5) is 17.1. The number of pyridine rings is 1. The average molecular weight is 284 g/mol. The summed E-state index contributed by atoms with van der Waals surface area (Å²) in [7, 11) is 0. The summed E-state index contributed by atoms with van der Waals surface area (Å²) in [5, 5.41) is 0. The molecule has 0 unspecified atom stereocenters. The molecule has 0 saturated heterocycles. The minimum absolute atomic E-state index is 0.114. The first-order chi connectivity index (χ1) is 10.1. The molecule has 0 bridgehead atoms. The van der Waals surface area contributed by atoms with Crippen LogP contribution < -0.4 is 15.0 Å². The maximum absolute atomic E-state index is 12.7. The normalized spacial score (nSPS) is 13.8. The van der Waals surface area contributed by atoms with E-state index in [1.54, 1.807) is 24.4 Å². The number of fused-ring (bicyclic) bond motifs is 1. The molecule has 5 heteroatoms. The first-order valence-electron chi connectivity index (χ1n) is 6.81. The molecular weight excluding hydrogens is 268 g/mol. The van der Waals surface area contributed by atoms with E-state index in [0.29, 0.717) is 22.6 Å². The predicted molar refractivity (Wildman–Crippen MR) is 77.4 cm³/mol. The quantitative estimate of drug-likeness (QED) is 0.849. The third kappa shape index (κ3) is 2.67. The molecule has 1 aliphatic rings. The summed E-state index contributed by atoms with van der Waals surface area (Å²) < 4.78 is 12.1. The van der Waals surface area contributed by atoms with Crippen LogP contribution in [0.5, 0.6) is 11.5 Å². The minimum Gasteiger partial charge on any atom is -0.454 e. The van der Waals surface area contributed by atoms with E-state index in [1.165, 1.54) is 4.57 Å². The van der Waals surface area contributed by atoms with Crippen molar-refractivity contribution in [3.8, 4) is 11.5 Å². The minimum atomic E-state index is -0.145. The van der Waals surface area contributed by atoms with Crippen LogP contribution in [0.3, 0.4) is 0 Å². The summed E-state index contributed by atoms with van der Waals surface area (Å²) in [6, 6.07) is 10.8. The summed E-state index contributed by atoms with van der Waals surface area (Å²) in [5.74, 6) is 1.12. The van der Waals surface area contributed by atoms with Crippen molar-refractivity contribution in [1.82, 2.24) is 4.57 Å². The first-order valence-corrected chi connectivity index (χ1v) is 6.81. The molecule has 21 heavy (non-hydrogen) atoms. The van der Waals surface area contributed by atoms with Crippen LogP contribution in [0.4, 0.5) is 0 Å². The number of carbonyl (C=O) groups excluding carboxylic acids is 1. The zero-order valence-electron chi connectivity index (χ0n) is 11.9. The number of ether oxygens (including phenoxy) is 2. The molecular formula is C16H16N2O3. The highest BCUT2D eigenvalue weighted by Gasteiger charge is 2.17. The van der Waals surface area contributed by atoms with Gasteiger partial charge in [-0.25, -0.2) is 0 Å². The first kappa shape index (κ1) is 13.4. The number of hydrogen-bond acceptors (Lipinski definition) is 4. The van der Waals surface area contributed by atoms with Crippen LogP contribution in [0, 0.1) is 0 Å². The molecule has 0 N–H and O–H groups in total. The van der Waals surface area contributed by atoms with Gasteiger partial charge in [-0.2, -0.15) is 0 Å². The topological polar surface area (TPSA) is 52.8 Å². The Morgan fingerprint density at radius 2 is 2.00 bits per heavy atom. The van der Waals surface area contributed by atoms with Crippen molar-refractivity contribution in [3.05, 3.63) is 53.6 Å². The van der Waals surface area contributed by atoms with E-state index < -0.39 is 0 Å². The van der Waals surface area contributed by atoms with Gasteiger partial charge in [-0.15, -0.1) is 0 Å². The summed E-state index contributed by atoms with van der Waals surface area (Å²) >= 11 is 0. The van der Waals surface area contributed by atoms with Crippen LogP contribution in [0.1, 0.15) is 24.2 Å². The van der Waals surface area contributed by atoms with E-state index >= 15 is 0 Å². The SMILES string of the molecule is CC(C)N=c1ccccn1C(=O)c1ccc2c(c1)OCO2. The molecule has 2 heterocycles. The average Bonchev–Trinajstić information content (AvgIpc) is 2.94. The van der Waals surface area contributed by atoms with Crippen LogP contribution in [0.25, 0.3) is 0 Å². The van der Waals surface area contributed by atoms with Crippen LogP contribution in [0.15, 0.2) is 47.6 Å². The Labute approximate surface area is 122 Å². The number of aromatic nitrogens is 1. The number of nitrogens with zero attached hydrogens (tertiary/aromatic N) is 2. The van der Waals surface area contributed by atoms with Gasteiger partial charge in [0.1, 0.15) is 5.49 Å². The Bertz CT molecular complexity index is 747. The standard InChI is InChI=1S/C16H16N2O3/c1-11(2)17-15-5-3-4-8-18(15)16(19)12-6-7-13-14(9-12)21-10-20-13/h3-9,11H,10H2,1-2H3. The number of hydrogen-bond donors (Lipinski definition) is 0. The van der Waals surface area contributed by atoms with Gasteiger partial charge in [-0.3, -0.25) is 14.4 Å². The van der Waals surface area contributed by atoms with Crippen molar-refractivity contribution in [2.75, 3.05) is 6.79 Å². The van der Waals surface area contributed by atoms with Gasteiger partial charge in [0.25, 0.3) is 5.91 Å². The molecule has 1 aliphatic heterocycles. The molecule has 3 rings (SSSR count). The molecule has 1 aromatic heterocycles. The maximum Gasteiger partial charge on any atom is 0.263 e. The van der Waals surface area contributed by atoms with Crippen LogP contribution in [-0.4, -0.2) is 23.3 Å². The van der Waals surface area contributed by atoms with Crippen molar-refractivity contribution in [3.63, 3.8) is 0 Å². The largest absolute Gasteiger partial charge is 0.454 e. The van der Waals surface area contributed by atoms with Crippen molar-refractivity contribution in [2.45, 2.75) is 19.9 Å². The molecule has 0 atom stereocenters. The van der Waals surface area contributed by atoms with E-state index in [9.17, 15) is 4.79 Å². The Kier molecular flexibility index (Phi) is 3.48. The molecule has 0 aliphatic carbocycles. The molecule has 0 spiro atoms. The second-order valence-electron chi connectivity index (χ2n) is 5.02. The zero-order chi connectivity index (χ0) is 14.8. The third-order valence-corrected chi connectivity index (χ3v) is 3.07. The highest BCUT2D eigenvalue weighted by molar-refractivity contribution is 5.96. The maximum atomic E-state index is 12.7. The predicted octanol–water partition coefficient (Wildman–Crippen LogP) is 2.21. The Morgan fingerprint density at radius 1 is 1.19 bits per heavy atom. The van der Waals surface area contributed by atoms with Gasteiger partial charge in [0.15, 0.2) is 11.5 Å². The lowest BCUT2D eigenvalue weighted by molar-refractivity contribution is 0.0954. The number of benzene rings is 1.